The number of nitrogens with zero attached hydrogens (tertiary/aromatic N) is 2. The molecule has 5 rings (SSSR count). The summed E-state index contributed by atoms with van der Waals surface area (Å²) < 4.78 is 12.3. The molecule has 212 valence electrons. The predicted molar refractivity (Wildman–Crippen MR) is 164 cm³/mol. The number of hydrogen-bond acceptors (Lipinski definition) is 7. The van der Waals surface area contributed by atoms with E-state index in [1.165, 1.54) is 6.08 Å². The van der Waals surface area contributed by atoms with Gasteiger partial charge in [0.1, 0.15) is 22.9 Å². The molecule has 9 heteroatoms. The van der Waals surface area contributed by atoms with Crippen molar-refractivity contribution in [3.63, 3.8) is 0 Å². The molecule has 2 aromatic carbocycles. The number of carbonyl (C=O) groups is 2. The van der Waals surface area contributed by atoms with Gasteiger partial charge in [0.15, 0.2) is 0 Å². The fourth-order valence-corrected chi connectivity index (χ4v) is 5.77. The molecule has 1 aliphatic rings. The highest BCUT2D eigenvalue weighted by Crippen LogP contribution is 2.39. The second-order valence-corrected chi connectivity index (χ2v) is 11.9. The third-order valence-corrected chi connectivity index (χ3v) is 7.73. The first-order valence-corrected chi connectivity index (χ1v) is 14.5. The van der Waals surface area contributed by atoms with Crippen molar-refractivity contribution in [2.75, 3.05) is 18.8 Å². The van der Waals surface area contributed by atoms with E-state index in [2.05, 4.69) is 15.7 Å². The van der Waals surface area contributed by atoms with Crippen molar-refractivity contribution in [1.82, 2.24) is 15.2 Å². The Kier molecular flexibility index (Phi) is 8.26. The number of piperidine rings is 1. The molecule has 0 atom stereocenters. The number of pyridine rings is 1. The predicted octanol–water partition coefficient (Wildman–Crippen LogP) is 6.87. The molecule has 0 radical (unpaired) electrons. The standard InChI is InChI=1S/C32H34N4O4S/c1-32(2,3)40-31(38)36-17-15-23(16-18-36)35-27(37)14-11-22-19-34-30(33)28-26(20-41-29(22)28)21-9-12-25(13-10-21)39-24-7-5-4-6-8-24/h4-14,19-20,23H,15-18H2,1-3H3,(H2,33,34)(H,35,37)/b14-11+. The van der Waals surface area contributed by atoms with Gasteiger partial charge in [-0.1, -0.05) is 30.3 Å². The Hall–Kier alpha value is -4.37. The minimum absolute atomic E-state index is 0.00224. The van der Waals surface area contributed by atoms with Gasteiger partial charge in [-0.05, 0) is 74.9 Å². The Labute approximate surface area is 243 Å². The van der Waals surface area contributed by atoms with Crippen molar-refractivity contribution in [2.24, 2.45) is 0 Å². The Morgan fingerprint density at radius 1 is 1.05 bits per heavy atom. The maximum absolute atomic E-state index is 12.7. The van der Waals surface area contributed by atoms with Gasteiger partial charge in [-0.2, -0.15) is 0 Å². The Morgan fingerprint density at radius 2 is 1.73 bits per heavy atom. The first-order valence-electron chi connectivity index (χ1n) is 13.6. The number of benzene rings is 2. The van der Waals surface area contributed by atoms with E-state index >= 15 is 0 Å². The second-order valence-electron chi connectivity index (χ2n) is 11.0. The first-order chi connectivity index (χ1) is 19.7. The fourth-order valence-electron chi connectivity index (χ4n) is 4.69. The van der Waals surface area contributed by atoms with Crippen molar-refractivity contribution in [3.05, 3.63) is 77.8 Å². The van der Waals surface area contributed by atoms with Crippen LogP contribution >= 0.6 is 11.3 Å². The van der Waals surface area contributed by atoms with Gasteiger partial charge in [-0.15, -0.1) is 11.3 Å². The van der Waals surface area contributed by atoms with Gasteiger partial charge in [0.05, 0.1) is 0 Å². The Bertz CT molecular complexity index is 1550. The lowest BCUT2D eigenvalue weighted by Crippen LogP contribution is -2.47. The molecule has 0 bridgehead atoms. The van der Waals surface area contributed by atoms with Crippen molar-refractivity contribution in [3.8, 4) is 22.6 Å². The maximum Gasteiger partial charge on any atom is 0.410 e. The number of rotatable bonds is 6. The number of ether oxygens (including phenoxy) is 2. The van der Waals surface area contributed by atoms with Crippen LogP contribution in [-0.2, 0) is 9.53 Å². The van der Waals surface area contributed by atoms with E-state index in [4.69, 9.17) is 15.2 Å². The summed E-state index contributed by atoms with van der Waals surface area (Å²) in [5.41, 5.74) is 8.60. The zero-order valence-corrected chi connectivity index (χ0v) is 24.2. The minimum atomic E-state index is -0.527. The number of aromatic nitrogens is 1. The second kappa shape index (κ2) is 12.0. The summed E-state index contributed by atoms with van der Waals surface area (Å²) >= 11 is 1.57. The maximum atomic E-state index is 12.7. The van der Waals surface area contributed by atoms with Crippen LogP contribution in [-0.4, -0.2) is 46.6 Å². The molecule has 1 saturated heterocycles. The van der Waals surface area contributed by atoms with Gasteiger partial charge in [0.25, 0.3) is 0 Å². The monoisotopic (exact) mass is 570 g/mol. The van der Waals surface area contributed by atoms with Crippen LogP contribution in [0.2, 0.25) is 0 Å². The number of nitrogens with one attached hydrogen (secondary N) is 1. The summed E-state index contributed by atoms with van der Waals surface area (Å²) in [6.45, 7) is 6.65. The summed E-state index contributed by atoms with van der Waals surface area (Å²) in [4.78, 5) is 31.1. The van der Waals surface area contributed by atoms with Crippen molar-refractivity contribution in [1.29, 1.82) is 0 Å². The number of amides is 2. The van der Waals surface area contributed by atoms with E-state index in [0.29, 0.717) is 31.7 Å². The quantitative estimate of drug-likeness (QED) is 0.245. The van der Waals surface area contributed by atoms with Crippen LogP contribution in [0.25, 0.3) is 27.3 Å². The van der Waals surface area contributed by atoms with Crippen LogP contribution in [0, 0.1) is 0 Å². The van der Waals surface area contributed by atoms with Crippen LogP contribution in [0.15, 0.2) is 72.3 Å². The number of nitrogens with two attached hydrogens (primary N) is 1. The van der Waals surface area contributed by atoms with Crippen LogP contribution in [0.4, 0.5) is 10.6 Å². The highest BCUT2D eigenvalue weighted by atomic mass is 32.1. The number of thiophene rings is 1. The van der Waals surface area contributed by atoms with Crippen LogP contribution in [0.5, 0.6) is 11.5 Å². The largest absolute Gasteiger partial charge is 0.457 e. The molecule has 0 spiro atoms. The van der Waals surface area contributed by atoms with E-state index < -0.39 is 5.60 Å². The zero-order valence-electron chi connectivity index (χ0n) is 23.4. The number of carbonyl (C=O) groups excluding carboxylic acids is 2. The van der Waals surface area contributed by atoms with E-state index in [1.807, 2.05) is 75.4 Å². The summed E-state index contributed by atoms with van der Waals surface area (Å²) in [7, 11) is 0. The third-order valence-electron chi connectivity index (χ3n) is 6.70. The zero-order chi connectivity index (χ0) is 29.0. The van der Waals surface area contributed by atoms with Crippen LogP contribution in [0.3, 0.4) is 0 Å². The summed E-state index contributed by atoms with van der Waals surface area (Å²) in [6.07, 6.45) is 6.04. The fraction of sp³-hybridized carbons (Fsp3) is 0.281. The smallest absolute Gasteiger partial charge is 0.410 e. The molecule has 1 fully saturated rings. The summed E-state index contributed by atoms with van der Waals surface area (Å²) in [5, 5.41) is 5.98. The lowest BCUT2D eigenvalue weighted by molar-refractivity contribution is -0.117. The molecule has 4 aromatic rings. The normalized spacial score (nSPS) is 14.4. The van der Waals surface area contributed by atoms with Crippen LogP contribution < -0.4 is 15.8 Å². The molecule has 41 heavy (non-hydrogen) atoms. The number of likely N-dealkylation sites (tertiary alicyclic amines) is 1. The van der Waals surface area contributed by atoms with Gasteiger partial charge >= 0.3 is 6.09 Å². The molecule has 0 aliphatic carbocycles. The van der Waals surface area contributed by atoms with Crippen molar-refractivity contribution in [2.45, 2.75) is 45.3 Å². The number of nitrogen functional groups attached to an aromatic ring is 1. The molecular formula is C32H34N4O4S. The number of hydrogen-bond donors (Lipinski definition) is 2. The van der Waals surface area contributed by atoms with E-state index in [-0.39, 0.29) is 18.0 Å². The van der Waals surface area contributed by atoms with Gasteiger partial charge in [0.2, 0.25) is 5.91 Å². The average molecular weight is 571 g/mol. The van der Waals surface area contributed by atoms with E-state index in [0.717, 1.165) is 38.3 Å². The lowest BCUT2D eigenvalue weighted by Gasteiger charge is -2.33. The van der Waals surface area contributed by atoms with Gasteiger partial charge in [-0.3, -0.25) is 4.79 Å². The third kappa shape index (κ3) is 7.05. The molecule has 8 nitrogen and oxygen atoms in total. The van der Waals surface area contributed by atoms with E-state index in [9.17, 15) is 9.59 Å². The Balaban J connectivity index is 1.23. The van der Waals surface area contributed by atoms with Gasteiger partial charge < -0.3 is 25.4 Å². The van der Waals surface area contributed by atoms with Crippen molar-refractivity contribution >= 4 is 45.3 Å². The molecule has 0 unspecified atom stereocenters. The SMILES string of the molecule is CC(C)(C)OC(=O)N1CCC(NC(=O)/C=C/c2cnc(N)c3c(-c4ccc(Oc5ccccc5)cc4)csc23)CC1. The molecule has 2 amide bonds. The van der Waals surface area contributed by atoms with Crippen LogP contribution in [0.1, 0.15) is 39.2 Å². The number of anilines is 1. The van der Waals surface area contributed by atoms with E-state index in [1.54, 1.807) is 28.5 Å². The van der Waals surface area contributed by atoms with Gasteiger partial charge in [0, 0.05) is 52.6 Å². The highest BCUT2D eigenvalue weighted by molar-refractivity contribution is 7.18. The molecule has 1 aliphatic heterocycles. The summed E-state index contributed by atoms with van der Waals surface area (Å²) in [5.74, 6) is 1.79. The lowest BCUT2D eigenvalue weighted by atomic mass is 10.0. The number of para-hydroxylation sites is 1. The van der Waals surface area contributed by atoms with Crippen molar-refractivity contribution < 1.29 is 19.1 Å². The molecule has 0 saturated carbocycles. The minimum Gasteiger partial charge on any atom is -0.457 e. The molecule has 3 heterocycles. The van der Waals surface area contributed by atoms with Gasteiger partial charge in [-0.25, -0.2) is 9.78 Å². The average Bonchev–Trinajstić information content (AvgIpc) is 3.40. The summed E-state index contributed by atoms with van der Waals surface area (Å²) in [6, 6.07) is 17.5. The topological polar surface area (TPSA) is 107 Å². The first kappa shape index (κ1) is 28.2. The highest BCUT2D eigenvalue weighted by Gasteiger charge is 2.27. The number of fused-ring (bicyclic) bond motifs is 1. The molecular weight excluding hydrogens is 536 g/mol. The molecule has 2 aromatic heterocycles. The molecule has 3 N–H and O–H groups in total. The Morgan fingerprint density at radius 3 is 2.41 bits per heavy atom.